The minimum atomic E-state index is -0.841. The topological polar surface area (TPSA) is 75.4 Å². The highest BCUT2D eigenvalue weighted by Crippen LogP contribution is 2.31. The highest BCUT2D eigenvalue weighted by atomic mass is 32.2. The summed E-state index contributed by atoms with van der Waals surface area (Å²) in [4.78, 5) is 11.8. The van der Waals surface area contributed by atoms with Gasteiger partial charge in [0.1, 0.15) is 0 Å². The van der Waals surface area contributed by atoms with Crippen molar-refractivity contribution >= 4 is 23.4 Å². The summed E-state index contributed by atoms with van der Waals surface area (Å²) < 4.78 is 0. The number of anilines is 1. The van der Waals surface area contributed by atoms with E-state index in [1.54, 1.807) is 0 Å². The molecule has 0 amide bonds. The first-order valence-electron chi connectivity index (χ1n) is 5.62. The van der Waals surface area contributed by atoms with Crippen LogP contribution in [0, 0.1) is 0 Å². The van der Waals surface area contributed by atoms with Crippen molar-refractivity contribution in [3.63, 3.8) is 0 Å². The van der Waals surface area contributed by atoms with E-state index in [4.69, 9.17) is 10.8 Å². The SMILES string of the molecule is NC(CC(=O)O)Cc1ccc2c(c1)SCCN2. The Bertz CT molecular complexity index is 423. The largest absolute Gasteiger partial charge is 0.481 e. The van der Waals surface area contributed by atoms with Crippen LogP contribution in [-0.4, -0.2) is 29.4 Å². The van der Waals surface area contributed by atoms with Crippen molar-refractivity contribution < 1.29 is 9.90 Å². The highest BCUT2D eigenvalue weighted by Gasteiger charge is 2.12. The number of carboxylic acids is 1. The van der Waals surface area contributed by atoms with Gasteiger partial charge in [-0.3, -0.25) is 4.79 Å². The van der Waals surface area contributed by atoms with Crippen LogP contribution in [0.5, 0.6) is 0 Å². The van der Waals surface area contributed by atoms with Crippen molar-refractivity contribution in [3.8, 4) is 0 Å². The predicted octanol–water partition coefficient (Wildman–Crippen LogP) is 1.55. The zero-order chi connectivity index (χ0) is 12.3. The van der Waals surface area contributed by atoms with E-state index in [0.29, 0.717) is 6.42 Å². The summed E-state index contributed by atoms with van der Waals surface area (Å²) in [5, 5.41) is 12.0. The average Bonchev–Trinajstić information content (AvgIpc) is 2.27. The Morgan fingerprint density at radius 3 is 3.18 bits per heavy atom. The molecule has 0 saturated carbocycles. The molecular weight excluding hydrogens is 236 g/mol. The molecule has 0 saturated heterocycles. The van der Waals surface area contributed by atoms with E-state index in [1.807, 2.05) is 23.9 Å². The number of fused-ring (bicyclic) bond motifs is 1. The van der Waals surface area contributed by atoms with Crippen LogP contribution in [0.4, 0.5) is 5.69 Å². The fourth-order valence-electron chi connectivity index (χ4n) is 1.91. The minimum absolute atomic E-state index is 0.0163. The molecule has 1 aromatic rings. The van der Waals surface area contributed by atoms with E-state index in [-0.39, 0.29) is 12.5 Å². The summed E-state index contributed by atoms with van der Waals surface area (Å²) in [5.41, 5.74) is 8.05. The molecule has 2 rings (SSSR count). The number of nitrogens with two attached hydrogens (primary N) is 1. The molecule has 1 aromatic carbocycles. The second-order valence-corrected chi connectivity index (χ2v) is 5.30. The van der Waals surface area contributed by atoms with E-state index >= 15 is 0 Å². The van der Waals surface area contributed by atoms with E-state index < -0.39 is 5.97 Å². The first-order valence-corrected chi connectivity index (χ1v) is 6.60. The van der Waals surface area contributed by atoms with Crippen LogP contribution in [0.2, 0.25) is 0 Å². The van der Waals surface area contributed by atoms with Gasteiger partial charge in [-0.25, -0.2) is 0 Å². The molecule has 0 radical (unpaired) electrons. The lowest BCUT2D eigenvalue weighted by atomic mass is 10.0. The summed E-state index contributed by atoms with van der Waals surface area (Å²) in [6.07, 6.45) is 0.628. The fraction of sp³-hybridized carbons (Fsp3) is 0.417. The van der Waals surface area contributed by atoms with Crippen molar-refractivity contribution in [3.05, 3.63) is 23.8 Å². The number of thioether (sulfide) groups is 1. The third kappa shape index (κ3) is 3.38. The van der Waals surface area contributed by atoms with Gasteiger partial charge >= 0.3 is 5.97 Å². The predicted molar refractivity (Wildman–Crippen MR) is 69.6 cm³/mol. The maximum Gasteiger partial charge on any atom is 0.304 e. The van der Waals surface area contributed by atoms with Crippen LogP contribution in [-0.2, 0) is 11.2 Å². The van der Waals surface area contributed by atoms with Crippen molar-refractivity contribution in [2.24, 2.45) is 5.73 Å². The Hall–Kier alpha value is -1.20. The molecule has 1 atom stereocenters. The van der Waals surface area contributed by atoms with Crippen LogP contribution < -0.4 is 11.1 Å². The molecule has 1 unspecified atom stereocenters. The van der Waals surface area contributed by atoms with Crippen molar-refractivity contribution in [2.75, 3.05) is 17.6 Å². The van der Waals surface area contributed by atoms with Gasteiger partial charge in [0.25, 0.3) is 0 Å². The molecule has 1 aliphatic rings. The molecular formula is C12H16N2O2S. The lowest BCUT2D eigenvalue weighted by molar-refractivity contribution is -0.137. The Morgan fingerprint density at radius 1 is 1.59 bits per heavy atom. The summed E-state index contributed by atoms with van der Waals surface area (Å²) in [5.74, 6) is 0.226. The highest BCUT2D eigenvalue weighted by molar-refractivity contribution is 7.99. The number of rotatable bonds is 4. The van der Waals surface area contributed by atoms with Gasteiger partial charge in [0.2, 0.25) is 0 Å². The molecule has 17 heavy (non-hydrogen) atoms. The van der Waals surface area contributed by atoms with E-state index in [1.165, 1.54) is 4.90 Å². The Labute approximate surface area is 105 Å². The normalized spacial score (nSPS) is 15.8. The number of benzene rings is 1. The molecule has 4 N–H and O–H groups in total. The van der Waals surface area contributed by atoms with Crippen molar-refractivity contribution in [1.82, 2.24) is 0 Å². The second-order valence-electron chi connectivity index (χ2n) is 4.17. The molecule has 0 fully saturated rings. The maximum atomic E-state index is 10.5. The minimum Gasteiger partial charge on any atom is -0.481 e. The Balaban J connectivity index is 2.04. The summed E-state index contributed by atoms with van der Waals surface area (Å²) in [6, 6.07) is 5.85. The number of hydrogen-bond donors (Lipinski definition) is 3. The van der Waals surface area contributed by atoms with Gasteiger partial charge in [-0.15, -0.1) is 11.8 Å². The van der Waals surface area contributed by atoms with Crippen LogP contribution in [0.15, 0.2) is 23.1 Å². The van der Waals surface area contributed by atoms with E-state index in [2.05, 4.69) is 11.4 Å². The van der Waals surface area contributed by atoms with Crippen LogP contribution in [0.3, 0.4) is 0 Å². The maximum absolute atomic E-state index is 10.5. The van der Waals surface area contributed by atoms with Gasteiger partial charge in [0.15, 0.2) is 0 Å². The first kappa shape index (κ1) is 12.3. The molecule has 1 aliphatic heterocycles. The smallest absolute Gasteiger partial charge is 0.304 e. The summed E-state index contributed by atoms with van der Waals surface area (Å²) in [7, 11) is 0. The number of carboxylic acid groups (broad SMARTS) is 1. The van der Waals surface area contributed by atoms with Crippen LogP contribution in [0.1, 0.15) is 12.0 Å². The molecule has 92 valence electrons. The lowest BCUT2D eigenvalue weighted by Crippen LogP contribution is -2.26. The zero-order valence-corrected chi connectivity index (χ0v) is 10.3. The average molecular weight is 252 g/mol. The molecule has 0 bridgehead atoms. The molecule has 1 heterocycles. The molecule has 0 aromatic heterocycles. The third-order valence-corrected chi connectivity index (χ3v) is 3.71. The van der Waals surface area contributed by atoms with Gasteiger partial charge in [0, 0.05) is 28.9 Å². The zero-order valence-electron chi connectivity index (χ0n) is 9.48. The Kier molecular flexibility index (Phi) is 3.91. The fourth-order valence-corrected chi connectivity index (χ4v) is 2.86. The van der Waals surface area contributed by atoms with Crippen molar-refractivity contribution in [2.45, 2.75) is 23.8 Å². The number of carbonyl (C=O) groups is 1. The summed E-state index contributed by atoms with van der Waals surface area (Å²) in [6.45, 7) is 0.996. The lowest BCUT2D eigenvalue weighted by Gasteiger charge is -2.18. The van der Waals surface area contributed by atoms with E-state index in [0.717, 1.165) is 23.5 Å². The van der Waals surface area contributed by atoms with Gasteiger partial charge < -0.3 is 16.2 Å². The molecule has 0 aliphatic carbocycles. The second kappa shape index (κ2) is 5.42. The molecule has 5 heteroatoms. The van der Waals surface area contributed by atoms with Crippen LogP contribution >= 0.6 is 11.8 Å². The van der Waals surface area contributed by atoms with Gasteiger partial charge in [-0.1, -0.05) is 6.07 Å². The summed E-state index contributed by atoms with van der Waals surface area (Å²) >= 11 is 1.82. The quantitative estimate of drug-likeness (QED) is 0.758. The Morgan fingerprint density at radius 2 is 2.41 bits per heavy atom. The number of nitrogens with one attached hydrogen (secondary N) is 1. The van der Waals surface area contributed by atoms with Crippen molar-refractivity contribution in [1.29, 1.82) is 0 Å². The van der Waals surface area contributed by atoms with Crippen LogP contribution in [0.25, 0.3) is 0 Å². The standard InChI is InChI=1S/C12H16N2O2S/c13-9(7-12(15)16)5-8-1-2-10-11(6-8)17-4-3-14-10/h1-2,6,9,14H,3-5,7,13H2,(H,15,16). The van der Waals surface area contributed by atoms with Gasteiger partial charge in [-0.2, -0.15) is 0 Å². The van der Waals surface area contributed by atoms with E-state index in [9.17, 15) is 4.79 Å². The number of hydrogen-bond acceptors (Lipinski definition) is 4. The first-order chi connectivity index (χ1) is 8.15. The molecule has 0 spiro atoms. The van der Waals surface area contributed by atoms with Gasteiger partial charge in [0.05, 0.1) is 6.42 Å². The number of aliphatic carboxylic acids is 1. The third-order valence-electron chi connectivity index (χ3n) is 2.66. The molecule has 4 nitrogen and oxygen atoms in total. The van der Waals surface area contributed by atoms with Gasteiger partial charge in [-0.05, 0) is 24.1 Å². The monoisotopic (exact) mass is 252 g/mol.